The summed E-state index contributed by atoms with van der Waals surface area (Å²) in [5.41, 5.74) is 2.93. The number of hydrogen-bond donors (Lipinski definition) is 1. The van der Waals surface area contributed by atoms with Crippen molar-refractivity contribution in [2.24, 2.45) is 12.5 Å². The highest BCUT2D eigenvalue weighted by Gasteiger charge is 2.31. The number of nitrogens with one attached hydrogen (secondary N) is 1. The third kappa shape index (κ3) is 2.94. The Kier molecular flexibility index (Phi) is 4.10. The van der Waals surface area contributed by atoms with Crippen molar-refractivity contribution in [2.45, 2.75) is 65.5 Å². The summed E-state index contributed by atoms with van der Waals surface area (Å²) >= 11 is 0. The van der Waals surface area contributed by atoms with Crippen LogP contribution < -0.4 is 5.32 Å². The van der Waals surface area contributed by atoms with Gasteiger partial charge < -0.3 is 5.32 Å². The third-order valence-electron chi connectivity index (χ3n) is 4.43. The van der Waals surface area contributed by atoms with E-state index in [-0.39, 0.29) is 0 Å². The van der Waals surface area contributed by atoms with Gasteiger partial charge in [-0.15, -0.1) is 0 Å². The maximum atomic E-state index is 4.51. The van der Waals surface area contributed by atoms with Crippen LogP contribution in [0.15, 0.2) is 6.07 Å². The Morgan fingerprint density at radius 1 is 1.44 bits per heavy atom. The maximum Gasteiger partial charge on any atom is 0.0625 e. The molecule has 1 atom stereocenters. The van der Waals surface area contributed by atoms with E-state index in [1.165, 1.54) is 37.1 Å². The van der Waals surface area contributed by atoms with Crippen LogP contribution in [0.4, 0.5) is 0 Å². The van der Waals surface area contributed by atoms with Gasteiger partial charge in [-0.25, -0.2) is 0 Å². The zero-order chi connectivity index (χ0) is 13.2. The lowest BCUT2D eigenvalue weighted by molar-refractivity contribution is 0.166. The molecule has 0 aromatic carbocycles. The summed E-state index contributed by atoms with van der Waals surface area (Å²) in [5.74, 6) is 0. The van der Waals surface area contributed by atoms with Crippen LogP contribution in [0.2, 0.25) is 0 Å². The third-order valence-corrected chi connectivity index (χ3v) is 4.43. The molecule has 18 heavy (non-hydrogen) atoms. The minimum atomic E-state index is 0.435. The zero-order valence-corrected chi connectivity index (χ0v) is 12.3. The van der Waals surface area contributed by atoms with E-state index in [9.17, 15) is 0 Å². The summed E-state index contributed by atoms with van der Waals surface area (Å²) in [6.45, 7) is 7.89. The first kappa shape index (κ1) is 13.6. The SMILES string of the molecule is CCc1cc(CNC2CCCCC2(C)C)n(C)n1. The molecule has 1 aliphatic carbocycles. The van der Waals surface area contributed by atoms with Crippen LogP contribution in [0.1, 0.15) is 57.8 Å². The first-order chi connectivity index (χ1) is 8.53. The van der Waals surface area contributed by atoms with E-state index in [1.54, 1.807) is 0 Å². The fraction of sp³-hybridized carbons (Fsp3) is 0.800. The van der Waals surface area contributed by atoms with Crippen molar-refractivity contribution in [1.29, 1.82) is 0 Å². The van der Waals surface area contributed by atoms with Gasteiger partial charge in [-0.2, -0.15) is 5.10 Å². The molecule has 1 unspecified atom stereocenters. The summed E-state index contributed by atoms with van der Waals surface area (Å²) in [6, 6.07) is 2.87. The highest BCUT2D eigenvalue weighted by molar-refractivity contribution is 5.10. The van der Waals surface area contributed by atoms with Crippen LogP contribution in [0, 0.1) is 5.41 Å². The molecule has 0 saturated heterocycles. The highest BCUT2D eigenvalue weighted by atomic mass is 15.3. The van der Waals surface area contributed by atoms with Gasteiger partial charge in [0.05, 0.1) is 11.4 Å². The molecule has 0 spiro atoms. The van der Waals surface area contributed by atoms with Gasteiger partial charge in [-0.05, 0) is 30.7 Å². The predicted molar refractivity (Wildman–Crippen MR) is 75.5 cm³/mol. The van der Waals surface area contributed by atoms with Crippen LogP contribution >= 0.6 is 0 Å². The molecule has 1 N–H and O–H groups in total. The number of rotatable bonds is 4. The lowest BCUT2D eigenvalue weighted by Gasteiger charge is -2.39. The number of hydrogen-bond acceptors (Lipinski definition) is 2. The number of nitrogens with zero attached hydrogens (tertiary/aromatic N) is 2. The van der Waals surface area contributed by atoms with Crippen LogP contribution in [0.5, 0.6) is 0 Å². The smallest absolute Gasteiger partial charge is 0.0625 e. The number of aromatic nitrogens is 2. The van der Waals surface area contributed by atoms with E-state index in [0.717, 1.165) is 13.0 Å². The second-order valence-corrected chi connectivity index (χ2v) is 6.27. The molecule has 0 aliphatic heterocycles. The Bertz CT molecular complexity index is 392. The summed E-state index contributed by atoms with van der Waals surface area (Å²) < 4.78 is 2.02. The Morgan fingerprint density at radius 3 is 2.83 bits per heavy atom. The van der Waals surface area contributed by atoms with Gasteiger partial charge in [0.2, 0.25) is 0 Å². The molecule has 102 valence electrons. The largest absolute Gasteiger partial charge is 0.308 e. The molecule has 0 bridgehead atoms. The van der Waals surface area contributed by atoms with Gasteiger partial charge in [0.25, 0.3) is 0 Å². The van der Waals surface area contributed by atoms with Gasteiger partial charge in [0.15, 0.2) is 0 Å². The normalized spacial score (nSPS) is 23.2. The molecule has 1 aromatic heterocycles. The molecule has 3 heteroatoms. The monoisotopic (exact) mass is 249 g/mol. The fourth-order valence-electron chi connectivity index (χ4n) is 3.01. The van der Waals surface area contributed by atoms with Crippen LogP contribution in [0.25, 0.3) is 0 Å². The minimum absolute atomic E-state index is 0.435. The van der Waals surface area contributed by atoms with E-state index < -0.39 is 0 Å². The van der Waals surface area contributed by atoms with Crippen molar-refractivity contribution in [3.8, 4) is 0 Å². The zero-order valence-electron chi connectivity index (χ0n) is 12.3. The van der Waals surface area contributed by atoms with Crippen molar-refractivity contribution >= 4 is 0 Å². The fourth-order valence-corrected chi connectivity index (χ4v) is 3.01. The van der Waals surface area contributed by atoms with Gasteiger partial charge >= 0.3 is 0 Å². The van der Waals surface area contributed by atoms with E-state index >= 15 is 0 Å². The standard InChI is InChI=1S/C15H27N3/c1-5-12-10-13(18(4)17-12)11-16-14-8-6-7-9-15(14,2)3/h10,14,16H,5-9,11H2,1-4H3. The molecular weight excluding hydrogens is 222 g/mol. The summed E-state index contributed by atoms with van der Waals surface area (Å²) in [7, 11) is 2.04. The van der Waals surface area contributed by atoms with Gasteiger partial charge in [0, 0.05) is 19.6 Å². The number of aryl methyl sites for hydroxylation is 2. The Balaban J connectivity index is 1.96. The Hall–Kier alpha value is -0.830. The van der Waals surface area contributed by atoms with Crippen molar-refractivity contribution < 1.29 is 0 Å². The summed E-state index contributed by atoms with van der Waals surface area (Å²) in [5, 5.41) is 8.25. The van der Waals surface area contributed by atoms with E-state index in [4.69, 9.17) is 0 Å². The van der Waals surface area contributed by atoms with Crippen LogP contribution in [-0.2, 0) is 20.0 Å². The summed E-state index contributed by atoms with van der Waals surface area (Å²) in [4.78, 5) is 0. The van der Waals surface area contributed by atoms with Gasteiger partial charge in [0.1, 0.15) is 0 Å². The first-order valence-corrected chi connectivity index (χ1v) is 7.28. The van der Waals surface area contributed by atoms with Crippen LogP contribution in [0.3, 0.4) is 0 Å². The molecule has 0 amide bonds. The van der Waals surface area contributed by atoms with E-state index in [2.05, 4.69) is 37.3 Å². The first-order valence-electron chi connectivity index (χ1n) is 7.28. The topological polar surface area (TPSA) is 29.9 Å². The Labute approximate surface area is 111 Å². The highest BCUT2D eigenvalue weighted by Crippen LogP contribution is 2.35. The molecule has 2 rings (SSSR count). The molecule has 1 heterocycles. The Morgan fingerprint density at radius 2 is 2.22 bits per heavy atom. The van der Waals surface area contributed by atoms with Gasteiger partial charge in [-0.3, -0.25) is 4.68 Å². The van der Waals surface area contributed by atoms with Crippen molar-refractivity contribution in [1.82, 2.24) is 15.1 Å². The lowest BCUT2D eigenvalue weighted by atomic mass is 9.73. The second kappa shape index (κ2) is 5.43. The van der Waals surface area contributed by atoms with Crippen molar-refractivity contribution in [2.75, 3.05) is 0 Å². The average Bonchev–Trinajstić information content (AvgIpc) is 2.68. The molecule has 1 aliphatic rings. The second-order valence-electron chi connectivity index (χ2n) is 6.27. The molecule has 1 saturated carbocycles. The lowest BCUT2D eigenvalue weighted by Crippen LogP contribution is -2.43. The maximum absolute atomic E-state index is 4.51. The molecule has 3 nitrogen and oxygen atoms in total. The van der Waals surface area contributed by atoms with Crippen LogP contribution in [-0.4, -0.2) is 15.8 Å². The molecule has 1 fully saturated rings. The predicted octanol–water partition coefficient (Wildman–Crippen LogP) is 3.04. The van der Waals surface area contributed by atoms with Crippen molar-refractivity contribution in [3.63, 3.8) is 0 Å². The summed E-state index contributed by atoms with van der Waals surface area (Å²) in [6.07, 6.45) is 6.42. The van der Waals surface area contributed by atoms with Crippen molar-refractivity contribution in [3.05, 3.63) is 17.5 Å². The van der Waals surface area contributed by atoms with E-state index in [1.807, 2.05) is 11.7 Å². The van der Waals surface area contributed by atoms with E-state index in [0.29, 0.717) is 11.5 Å². The van der Waals surface area contributed by atoms with Gasteiger partial charge in [-0.1, -0.05) is 33.6 Å². The average molecular weight is 249 g/mol. The quantitative estimate of drug-likeness (QED) is 0.889. The minimum Gasteiger partial charge on any atom is -0.308 e. The molecule has 1 aromatic rings. The molecule has 0 radical (unpaired) electrons. The molecular formula is C15H27N3.